The zero-order valence-electron chi connectivity index (χ0n) is 16.6. The Balaban J connectivity index is 1.75. The Labute approximate surface area is 187 Å². The summed E-state index contributed by atoms with van der Waals surface area (Å²) in [5, 5.41) is 5.58. The number of imidazole rings is 1. The monoisotopic (exact) mass is 478 g/mol. The lowest BCUT2D eigenvalue weighted by molar-refractivity contribution is 0.102. The van der Waals surface area contributed by atoms with Crippen LogP contribution >= 0.6 is 15.9 Å². The van der Waals surface area contributed by atoms with E-state index < -0.39 is 6.09 Å². The first kappa shape index (κ1) is 20.6. The third kappa shape index (κ3) is 4.75. The number of nitrogens with one attached hydrogen (secondary N) is 3. The molecule has 0 saturated heterocycles. The van der Waals surface area contributed by atoms with Gasteiger partial charge in [-0.15, -0.1) is 0 Å². The maximum Gasteiger partial charge on any atom is 0.411 e. The fraction of sp³-hybridized carbons (Fsp3) is 0.0870. The molecule has 31 heavy (non-hydrogen) atoms. The summed E-state index contributed by atoms with van der Waals surface area (Å²) in [7, 11) is 0. The number of anilines is 2. The highest BCUT2D eigenvalue weighted by molar-refractivity contribution is 9.10. The minimum Gasteiger partial charge on any atom is -0.450 e. The van der Waals surface area contributed by atoms with Gasteiger partial charge < -0.3 is 15.0 Å². The van der Waals surface area contributed by atoms with Crippen LogP contribution in [0, 0.1) is 0 Å². The number of carbonyl (C=O) groups is 2. The Morgan fingerprint density at radius 3 is 2.48 bits per heavy atom. The van der Waals surface area contributed by atoms with E-state index in [0.29, 0.717) is 33.8 Å². The van der Waals surface area contributed by atoms with E-state index in [-0.39, 0.29) is 12.5 Å². The molecule has 0 unspecified atom stereocenters. The van der Waals surface area contributed by atoms with Gasteiger partial charge in [0.25, 0.3) is 5.91 Å². The standard InChI is InChI=1S/C23H19BrN4O3/c1-2-31-23(30)25-17-12-18-20(28-21(26-18)14-8-10-16(24)11-9-14)19(13-17)27-22(29)15-6-4-3-5-7-15/h3-13H,2H2,1H3,(H,25,30)(H,26,28)(H,27,29). The number of carbonyl (C=O) groups excluding carboxylic acids is 2. The van der Waals surface area contributed by atoms with Crippen LogP contribution in [0.2, 0.25) is 0 Å². The first-order valence-electron chi connectivity index (χ1n) is 9.63. The number of ether oxygens (including phenoxy) is 1. The average molecular weight is 479 g/mol. The maximum atomic E-state index is 12.7. The Morgan fingerprint density at radius 2 is 1.77 bits per heavy atom. The van der Waals surface area contributed by atoms with Gasteiger partial charge in [-0.05, 0) is 43.3 Å². The summed E-state index contributed by atoms with van der Waals surface area (Å²) in [5.74, 6) is 0.370. The van der Waals surface area contributed by atoms with Gasteiger partial charge in [-0.1, -0.05) is 46.3 Å². The molecule has 0 spiro atoms. The number of aromatic nitrogens is 2. The van der Waals surface area contributed by atoms with Crippen LogP contribution in [0.3, 0.4) is 0 Å². The number of fused-ring (bicyclic) bond motifs is 1. The second kappa shape index (κ2) is 9.01. The number of hydrogen-bond acceptors (Lipinski definition) is 4. The minimum atomic E-state index is -0.574. The van der Waals surface area contributed by atoms with Crippen LogP contribution in [0.5, 0.6) is 0 Å². The SMILES string of the molecule is CCOC(=O)Nc1cc(NC(=O)c2ccccc2)c2nc(-c3ccc(Br)cc3)[nH]c2c1. The van der Waals surface area contributed by atoms with E-state index in [1.807, 2.05) is 30.3 Å². The third-order valence-corrected chi connectivity index (χ3v) is 5.04. The molecule has 3 N–H and O–H groups in total. The van der Waals surface area contributed by atoms with E-state index in [0.717, 1.165) is 10.0 Å². The van der Waals surface area contributed by atoms with Crippen LogP contribution in [-0.2, 0) is 4.74 Å². The Kier molecular flexibility index (Phi) is 5.99. The lowest BCUT2D eigenvalue weighted by atomic mass is 10.2. The molecule has 4 rings (SSSR count). The summed E-state index contributed by atoms with van der Waals surface area (Å²) in [4.78, 5) is 32.6. The summed E-state index contributed by atoms with van der Waals surface area (Å²) in [6.07, 6.45) is -0.574. The zero-order chi connectivity index (χ0) is 21.8. The predicted molar refractivity (Wildman–Crippen MR) is 124 cm³/mol. The van der Waals surface area contributed by atoms with Gasteiger partial charge in [-0.2, -0.15) is 0 Å². The van der Waals surface area contributed by atoms with Crippen LogP contribution in [-0.4, -0.2) is 28.6 Å². The van der Waals surface area contributed by atoms with Crippen LogP contribution in [0.25, 0.3) is 22.4 Å². The molecule has 8 heteroatoms. The van der Waals surface area contributed by atoms with E-state index in [1.54, 1.807) is 43.3 Å². The number of benzene rings is 3. The first-order chi connectivity index (χ1) is 15.0. The van der Waals surface area contributed by atoms with Crippen LogP contribution in [0.1, 0.15) is 17.3 Å². The number of H-pyrrole nitrogens is 1. The lowest BCUT2D eigenvalue weighted by Gasteiger charge is -2.10. The van der Waals surface area contributed by atoms with E-state index in [2.05, 4.69) is 36.5 Å². The molecule has 2 amide bonds. The van der Waals surface area contributed by atoms with Gasteiger partial charge in [0.2, 0.25) is 0 Å². The van der Waals surface area contributed by atoms with Crippen molar-refractivity contribution in [3.63, 3.8) is 0 Å². The molecule has 0 saturated carbocycles. The fourth-order valence-electron chi connectivity index (χ4n) is 3.10. The minimum absolute atomic E-state index is 0.253. The molecular weight excluding hydrogens is 460 g/mol. The lowest BCUT2D eigenvalue weighted by Crippen LogP contribution is -2.15. The Hall–Kier alpha value is -3.65. The van der Waals surface area contributed by atoms with Crippen molar-refractivity contribution in [1.29, 1.82) is 0 Å². The van der Waals surface area contributed by atoms with Crippen molar-refractivity contribution in [3.05, 3.63) is 76.8 Å². The second-order valence-electron chi connectivity index (χ2n) is 6.68. The highest BCUT2D eigenvalue weighted by Crippen LogP contribution is 2.30. The number of amides is 2. The largest absolute Gasteiger partial charge is 0.450 e. The number of halogens is 1. The van der Waals surface area contributed by atoms with Crippen molar-refractivity contribution in [2.75, 3.05) is 17.2 Å². The molecule has 4 aromatic rings. The highest BCUT2D eigenvalue weighted by atomic mass is 79.9. The van der Waals surface area contributed by atoms with Crippen LogP contribution in [0.15, 0.2) is 71.2 Å². The average Bonchev–Trinajstić information content (AvgIpc) is 3.19. The smallest absolute Gasteiger partial charge is 0.411 e. The fourth-order valence-corrected chi connectivity index (χ4v) is 3.36. The number of nitrogens with zero attached hydrogens (tertiary/aromatic N) is 1. The van der Waals surface area contributed by atoms with Gasteiger partial charge >= 0.3 is 6.09 Å². The normalized spacial score (nSPS) is 10.6. The van der Waals surface area contributed by atoms with Gasteiger partial charge in [0.15, 0.2) is 0 Å². The third-order valence-electron chi connectivity index (χ3n) is 4.51. The van der Waals surface area contributed by atoms with E-state index in [1.165, 1.54) is 0 Å². The van der Waals surface area contributed by atoms with Crippen molar-refractivity contribution in [1.82, 2.24) is 9.97 Å². The molecule has 0 atom stereocenters. The number of aromatic amines is 1. The summed E-state index contributed by atoms with van der Waals surface area (Å²) in [6, 6.07) is 20.0. The van der Waals surface area contributed by atoms with Gasteiger partial charge in [0.05, 0.1) is 17.8 Å². The molecule has 3 aromatic carbocycles. The quantitative estimate of drug-likeness (QED) is 0.337. The molecule has 1 heterocycles. The van der Waals surface area contributed by atoms with E-state index in [4.69, 9.17) is 4.74 Å². The van der Waals surface area contributed by atoms with Crippen molar-refractivity contribution in [3.8, 4) is 11.4 Å². The van der Waals surface area contributed by atoms with Gasteiger partial charge in [0, 0.05) is 21.3 Å². The first-order valence-corrected chi connectivity index (χ1v) is 10.4. The zero-order valence-corrected chi connectivity index (χ0v) is 18.2. The summed E-state index contributed by atoms with van der Waals surface area (Å²) in [6.45, 7) is 1.98. The summed E-state index contributed by atoms with van der Waals surface area (Å²) in [5.41, 5.74) is 3.59. The van der Waals surface area contributed by atoms with Gasteiger partial charge in [-0.3, -0.25) is 10.1 Å². The molecule has 156 valence electrons. The number of hydrogen-bond donors (Lipinski definition) is 3. The van der Waals surface area contributed by atoms with Crippen molar-refractivity contribution < 1.29 is 14.3 Å². The van der Waals surface area contributed by atoms with Gasteiger partial charge in [-0.25, -0.2) is 9.78 Å². The molecule has 0 aliphatic rings. The summed E-state index contributed by atoms with van der Waals surface area (Å²) >= 11 is 3.43. The highest BCUT2D eigenvalue weighted by Gasteiger charge is 2.15. The van der Waals surface area contributed by atoms with Crippen molar-refractivity contribution >= 4 is 50.3 Å². The summed E-state index contributed by atoms with van der Waals surface area (Å²) < 4.78 is 5.93. The Bertz CT molecular complexity index is 1240. The molecular formula is C23H19BrN4O3. The Morgan fingerprint density at radius 1 is 1.03 bits per heavy atom. The van der Waals surface area contributed by atoms with Crippen LogP contribution < -0.4 is 10.6 Å². The molecule has 1 aromatic heterocycles. The van der Waals surface area contributed by atoms with E-state index in [9.17, 15) is 9.59 Å². The molecule has 0 bridgehead atoms. The topological polar surface area (TPSA) is 96.1 Å². The maximum absolute atomic E-state index is 12.7. The number of rotatable bonds is 5. The molecule has 0 fully saturated rings. The van der Waals surface area contributed by atoms with E-state index >= 15 is 0 Å². The van der Waals surface area contributed by atoms with Crippen molar-refractivity contribution in [2.45, 2.75) is 6.92 Å². The molecule has 0 radical (unpaired) electrons. The molecule has 0 aliphatic heterocycles. The second-order valence-corrected chi connectivity index (χ2v) is 7.59. The van der Waals surface area contributed by atoms with Crippen molar-refractivity contribution in [2.24, 2.45) is 0 Å². The van der Waals surface area contributed by atoms with Crippen LogP contribution in [0.4, 0.5) is 16.2 Å². The molecule has 0 aliphatic carbocycles. The van der Waals surface area contributed by atoms with Gasteiger partial charge in [0.1, 0.15) is 11.3 Å². The molecule has 7 nitrogen and oxygen atoms in total. The predicted octanol–water partition coefficient (Wildman–Crippen LogP) is 5.81.